The molecule has 0 aromatic rings. The first-order valence-electron chi connectivity index (χ1n) is 4.81. The van der Waals surface area contributed by atoms with E-state index in [1.807, 2.05) is 0 Å². The van der Waals surface area contributed by atoms with Crippen molar-refractivity contribution in [2.75, 3.05) is 0 Å². The van der Waals surface area contributed by atoms with Gasteiger partial charge in [0.2, 0.25) is 0 Å². The molecule has 1 unspecified atom stereocenters. The smallest absolute Gasteiger partial charge is 0.0817 e. The minimum absolute atomic E-state index is 0.361. The van der Waals surface area contributed by atoms with Crippen LogP contribution in [0.1, 0.15) is 6.92 Å². The Balaban J connectivity index is 2.96. The minimum Gasteiger partial charge on any atom is -0.374 e. The van der Waals surface area contributed by atoms with E-state index in [0.717, 1.165) is 0 Å². The predicted molar refractivity (Wildman–Crippen MR) is 60.0 cm³/mol. The molecule has 12 heavy (non-hydrogen) atoms. The molecule has 3 heteroatoms. The molecule has 0 amide bonds. The second-order valence-corrected chi connectivity index (χ2v) is 17.0. The van der Waals surface area contributed by atoms with E-state index >= 15 is 0 Å². The lowest BCUT2D eigenvalue weighted by Crippen LogP contribution is -2.59. The van der Waals surface area contributed by atoms with Crippen molar-refractivity contribution in [3.05, 3.63) is 0 Å². The maximum atomic E-state index is 5.96. The van der Waals surface area contributed by atoms with E-state index in [1.54, 1.807) is 0 Å². The van der Waals surface area contributed by atoms with E-state index in [1.165, 1.54) is 0 Å². The van der Waals surface area contributed by atoms with Crippen LogP contribution in [0.15, 0.2) is 0 Å². The summed E-state index contributed by atoms with van der Waals surface area (Å²) < 4.78 is 5.96. The van der Waals surface area contributed by atoms with Gasteiger partial charge in [-0.15, -0.1) is 0 Å². The summed E-state index contributed by atoms with van der Waals surface area (Å²) in [5.41, 5.74) is 0. The zero-order valence-electron chi connectivity index (χ0n) is 9.49. The highest BCUT2D eigenvalue weighted by Gasteiger charge is 2.68. The summed E-state index contributed by atoms with van der Waals surface area (Å²) >= 11 is 0. The molecule has 72 valence electrons. The number of rotatable bonds is 2. The van der Waals surface area contributed by atoms with Gasteiger partial charge in [-0.2, -0.15) is 0 Å². The molecule has 0 spiro atoms. The molecule has 1 heterocycles. The lowest BCUT2D eigenvalue weighted by atomic mass is 10.6. The summed E-state index contributed by atoms with van der Waals surface area (Å²) in [5, 5.41) is 0. The van der Waals surface area contributed by atoms with E-state index in [-0.39, 0.29) is 0 Å². The average molecular weight is 202 g/mol. The van der Waals surface area contributed by atoms with Crippen LogP contribution in [0.4, 0.5) is 0 Å². The van der Waals surface area contributed by atoms with Gasteiger partial charge in [-0.1, -0.05) is 39.3 Å². The van der Waals surface area contributed by atoms with Crippen LogP contribution in [0.2, 0.25) is 39.3 Å². The highest BCUT2D eigenvalue weighted by atomic mass is 28.4. The van der Waals surface area contributed by atoms with Crippen LogP contribution in [-0.2, 0) is 4.74 Å². The maximum absolute atomic E-state index is 5.96. The second kappa shape index (κ2) is 2.45. The topological polar surface area (TPSA) is 12.5 Å². The summed E-state index contributed by atoms with van der Waals surface area (Å²) in [6.07, 6.45) is 0.538. The molecule has 1 nitrogen and oxygen atoms in total. The van der Waals surface area contributed by atoms with Crippen LogP contribution in [0.5, 0.6) is 0 Å². The Kier molecular flexibility index (Phi) is 2.14. The Labute approximate surface area is 78.5 Å². The molecule has 1 fully saturated rings. The Morgan fingerprint density at radius 2 is 1.17 bits per heavy atom. The first kappa shape index (κ1) is 10.5. The van der Waals surface area contributed by atoms with Crippen molar-refractivity contribution in [3.8, 4) is 0 Å². The number of hydrogen-bond acceptors (Lipinski definition) is 1. The molecule has 1 atom stereocenters. The third-order valence-corrected chi connectivity index (χ3v) is 13.1. The van der Waals surface area contributed by atoms with Crippen LogP contribution >= 0.6 is 0 Å². The van der Waals surface area contributed by atoms with Gasteiger partial charge in [-0.05, 0) is 6.92 Å². The normalized spacial score (nSPS) is 28.8. The quantitative estimate of drug-likeness (QED) is 0.495. The zero-order chi connectivity index (χ0) is 9.78. The van der Waals surface area contributed by atoms with E-state index in [4.69, 9.17) is 4.74 Å². The third-order valence-electron chi connectivity index (χ3n) is 3.11. The largest absolute Gasteiger partial charge is 0.374 e. The van der Waals surface area contributed by atoms with Gasteiger partial charge in [0.25, 0.3) is 0 Å². The van der Waals surface area contributed by atoms with Crippen LogP contribution in [0.25, 0.3) is 0 Å². The van der Waals surface area contributed by atoms with Crippen molar-refractivity contribution in [3.63, 3.8) is 0 Å². The van der Waals surface area contributed by atoms with Gasteiger partial charge in [0.05, 0.1) is 27.1 Å². The molecule has 0 aromatic heterocycles. The van der Waals surface area contributed by atoms with Crippen molar-refractivity contribution in [2.45, 2.75) is 57.2 Å². The number of hydrogen-bond donors (Lipinski definition) is 0. The molecule has 0 radical (unpaired) electrons. The molecule has 0 N–H and O–H groups in total. The van der Waals surface area contributed by atoms with E-state index < -0.39 is 16.1 Å². The fraction of sp³-hybridized carbons (Fsp3) is 1.00. The lowest BCUT2D eigenvalue weighted by molar-refractivity contribution is 0.387. The molecule has 1 saturated heterocycles. The molecule has 1 rings (SSSR count). The van der Waals surface area contributed by atoms with Gasteiger partial charge in [0.1, 0.15) is 0 Å². The standard InChI is InChI=1S/C9H22OSi2/c1-8-9(10-8,11(2,3)4)12(5,6)7/h8H,1-7H3. The summed E-state index contributed by atoms with van der Waals surface area (Å²) in [6.45, 7) is 16.9. The van der Waals surface area contributed by atoms with E-state index in [2.05, 4.69) is 46.2 Å². The van der Waals surface area contributed by atoms with Crippen LogP contribution in [-0.4, -0.2) is 27.1 Å². The highest BCUT2D eigenvalue weighted by molar-refractivity contribution is 6.99. The molecule has 0 bridgehead atoms. The Hall–Kier alpha value is 0.394. The Morgan fingerprint density at radius 1 is 0.917 bits per heavy atom. The number of epoxide rings is 1. The summed E-state index contributed by atoms with van der Waals surface area (Å²) in [4.78, 5) is 0.361. The zero-order valence-corrected chi connectivity index (χ0v) is 11.5. The molecule has 1 aliphatic heterocycles. The maximum Gasteiger partial charge on any atom is 0.0817 e. The monoisotopic (exact) mass is 202 g/mol. The summed E-state index contributed by atoms with van der Waals surface area (Å²) in [6, 6.07) is 0. The van der Waals surface area contributed by atoms with Gasteiger partial charge < -0.3 is 4.74 Å². The van der Waals surface area contributed by atoms with E-state index in [0.29, 0.717) is 11.0 Å². The molecule has 1 aliphatic rings. The van der Waals surface area contributed by atoms with Crippen LogP contribution < -0.4 is 0 Å². The van der Waals surface area contributed by atoms with Crippen molar-refractivity contribution in [1.82, 2.24) is 0 Å². The molecular weight excluding hydrogens is 180 g/mol. The van der Waals surface area contributed by atoms with Crippen molar-refractivity contribution in [2.24, 2.45) is 0 Å². The molecular formula is C9H22OSi2. The molecule has 0 aliphatic carbocycles. The molecule has 0 aromatic carbocycles. The number of ether oxygens (including phenoxy) is 1. The van der Waals surface area contributed by atoms with Gasteiger partial charge in [0, 0.05) is 0 Å². The van der Waals surface area contributed by atoms with Gasteiger partial charge in [-0.25, -0.2) is 0 Å². The molecule has 0 saturated carbocycles. The van der Waals surface area contributed by atoms with Gasteiger partial charge >= 0.3 is 0 Å². The SMILES string of the molecule is CC1OC1([Si](C)(C)C)[Si](C)(C)C. The lowest BCUT2D eigenvalue weighted by Gasteiger charge is -2.36. The highest BCUT2D eigenvalue weighted by Crippen LogP contribution is 2.50. The van der Waals surface area contributed by atoms with Crippen molar-refractivity contribution in [1.29, 1.82) is 0 Å². The first-order chi connectivity index (χ1) is 5.13. The average Bonchev–Trinajstić information content (AvgIpc) is 2.36. The van der Waals surface area contributed by atoms with E-state index in [9.17, 15) is 0 Å². The van der Waals surface area contributed by atoms with Gasteiger partial charge in [-0.3, -0.25) is 0 Å². The van der Waals surface area contributed by atoms with Gasteiger partial charge in [0.15, 0.2) is 0 Å². The van der Waals surface area contributed by atoms with Crippen molar-refractivity contribution < 1.29 is 4.74 Å². The predicted octanol–water partition coefficient (Wildman–Crippen LogP) is 2.90. The first-order valence-corrected chi connectivity index (χ1v) is 11.8. The third kappa shape index (κ3) is 1.22. The fourth-order valence-corrected chi connectivity index (χ4v) is 15.4. The van der Waals surface area contributed by atoms with Crippen molar-refractivity contribution >= 4 is 16.1 Å². The Bertz CT molecular complexity index is 174. The Morgan fingerprint density at radius 3 is 1.17 bits per heavy atom. The second-order valence-electron chi connectivity index (χ2n) is 6.00. The van der Waals surface area contributed by atoms with Crippen LogP contribution in [0.3, 0.4) is 0 Å². The summed E-state index contributed by atoms with van der Waals surface area (Å²) in [5.74, 6) is 0. The minimum atomic E-state index is -1.13. The van der Waals surface area contributed by atoms with Crippen LogP contribution in [0, 0.1) is 0 Å². The summed E-state index contributed by atoms with van der Waals surface area (Å²) in [7, 11) is -2.27. The fourth-order valence-electron chi connectivity index (χ4n) is 2.94.